The van der Waals surface area contributed by atoms with Crippen molar-refractivity contribution < 1.29 is 4.79 Å². The molecule has 22 heavy (non-hydrogen) atoms. The highest BCUT2D eigenvalue weighted by atomic mass is 32.2. The van der Waals surface area contributed by atoms with Gasteiger partial charge in [-0.3, -0.25) is 9.79 Å². The molecule has 0 aromatic heterocycles. The number of hydrogen-bond donors (Lipinski definition) is 1. The number of carbonyl (C=O) groups is 1. The Morgan fingerprint density at radius 2 is 1.95 bits per heavy atom. The number of nitrogens with one attached hydrogen (secondary N) is 1. The van der Waals surface area contributed by atoms with Crippen LogP contribution in [0.5, 0.6) is 0 Å². The molecule has 3 rings (SSSR count). The zero-order valence-corrected chi connectivity index (χ0v) is 14.3. The molecule has 1 amide bonds. The number of aliphatic imine (C=N–C) groups is 1. The van der Waals surface area contributed by atoms with Crippen molar-refractivity contribution in [3.8, 4) is 0 Å². The van der Waals surface area contributed by atoms with Crippen LogP contribution in [0.2, 0.25) is 0 Å². The van der Waals surface area contributed by atoms with E-state index < -0.39 is 0 Å². The molecule has 3 nitrogen and oxygen atoms in total. The number of amides is 1. The number of rotatable bonds is 3. The van der Waals surface area contributed by atoms with Gasteiger partial charge in [-0.25, -0.2) is 0 Å². The Bertz CT molecular complexity index is 602. The number of nitrogens with zero attached hydrogens (tertiary/aromatic N) is 1. The predicted octanol–water partition coefficient (Wildman–Crippen LogP) is 4.30. The molecule has 1 saturated heterocycles. The average molecular weight is 332 g/mol. The standard InChI is InChI=1S/C17H20N2OS2/c1-21-14-9-7-12(8-10-14)11-15-16(20)19-17(22-15)18-13-5-3-2-4-6-13/h7-11,13H,2-6H2,1H3,(H,18,19,20). The average Bonchev–Trinajstić information content (AvgIpc) is 2.88. The monoisotopic (exact) mass is 332 g/mol. The molecule has 0 bridgehead atoms. The Hall–Kier alpha value is -1.20. The molecule has 0 spiro atoms. The van der Waals surface area contributed by atoms with Gasteiger partial charge in [-0.1, -0.05) is 31.4 Å². The van der Waals surface area contributed by atoms with Crippen molar-refractivity contribution in [1.29, 1.82) is 0 Å². The summed E-state index contributed by atoms with van der Waals surface area (Å²) in [5.74, 6) is -0.0338. The first-order valence-corrected chi connectivity index (χ1v) is 9.71. The summed E-state index contributed by atoms with van der Waals surface area (Å²) in [5, 5.41) is 3.66. The van der Waals surface area contributed by atoms with E-state index in [1.54, 1.807) is 11.8 Å². The van der Waals surface area contributed by atoms with Crippen molar-refractivity contribution in [2.24, 2.45) is 4.99 Å². The van der Waals surface area contributed by atoms with Crippen molar-refractivity contribution >= 4 is 40.7 Å². The van der Waals surface area contributed by atoms with E-state index in [-0.39, 0.29) is 5.91 Å². The molecular weight excluding hydrogens is 312 g/mol. The fourth-order valence-electron chi connectivity index (χ4n) is 2.72. The summed E-state index contributed by atoms with van der Waals surface area (Å²) in [4.78, 5) is 18.7. The molecule has 5 heteroatoms. The van der Waals surface area contributed by atoms with E-state index in [0.29, 0.717) is 6.04 Å². The van der Waals surface area contributed by atoms with Gasteiger partial charge in [0.05, 0.1) is 10.9 Å². The van der Waals surface area contributed by atoms with Gasteiger partial charge in [0.2, 0.25) is 0 Å². The van der Waals surface area contributed by atoms with Crippen LogP contribution in [-0.4, -0.2) is 23.4 Å². The van der Waals surface area contributed by atoms with E-state index in [9.17, 15) is 4.79 Å². The van der Waals surface area contributed by atoms with Crippen LogP contribution < -0.4 is 5.32 Å². The fourth-order valence-corrected chi connectivity index (χ4v) is 4.02. The molecule has 0 atom stereocenters. The van der Waals surface area contributed by atoms with Gasteiger partial charge in [-0.2, -0.15) is 0 Å². The molecule has 1 heterocycles. The molecule has 0 unspecified atom stereocenters. The summed E-state index contributed by atoms with van der Waals surface area (Å²) in [6.45, 7) is 0. The summed E-state index contributed by atoms with van der Waals surface area (Å²) in [7, 11) is 0. The first kappa shape index (κ1) is 15.7. The van der Waals surface area contributed by atoms with Crippen LogP contribution in [0.3, 0.4) is 0 Å². The van der Waals surface area contributed by atoms with Gasteiger partial charge < -0.3 is 5.32 Å². The highest BCUT2D eigenvalue weighted by Gasteiger charge is 2.25. The lowest BCUT2D eigenvalue weighted by Gasteiger charge is -2.17. The lowest BCUT2D eigenvalue weighted by Crippen LogP contribution is -2.22. The largest absolute Gasteiger partial charge is 0.301 e. The fraction of sp³-hybridized carbons (Fsp3) is 0.412. The van der Waals surface area contributed by atoms with Crippen LogP contribution in [0, 0.1) is 0 Å². The Kier molecular flexibility index (Phi) is 5.26. The van der Waals surface area contributed by atoms with Gasteiger partial charge >= 0.3 is 0 Å². The first-order valence-electron chi connectivity index (χ1n) is 7.67. The second kappa shape index (κ2) is 7.38. The SMILES string of the molecule is CSc1ccc(C=C2SC(=NC3CCCCC3)NC2=O)cc1. The molecule has 116 valence electrons. The zero-order chi connectivity index (χ0) is 15.4. The number of carbonyl (C=O) groups excluding carboxylic acids is 1. The molecule has 1 aromatic carbocycles. The van der Waals surface area contributed by atoms with Gasteiger partial charge in [-0.05, 0) is 54.6 Å². The van der Waals surface area contributed by atoms with Crippen LogP contribution in [0.25, 0.3) is 6.08 Å². The molecule has 0 radical (unpaired) electrons. The summed E-state index contributed by atoms with van der Waals surface area (Å²) >= 11 is 3.18. The minimum absolute atomic E-state index is 0.0338. The summed E-state index contributed by atoms with van der Waals surface area (Å²) in [5.41, 5.74) is 1.05. The first-order chi connectivity index (χ1) is 10.7. The Balaban J connectivity index is 1.70. The lowest BCUT2D eigenvalue weighted by molar-refractivity contribution is -0.115. The third-order valence-corrected chi connectivity index (χ3v) is 5.61. The summed E-state index contributed by atoms with van der Waals surface area (Å²) in [6, 6.07) is 8.63. The number of benzene rings is 1. The molecule has 1 aromatic rings. The van der Waals surface area contributed by atoms with Gasteiger partial charge in [-0.15, -0.1) is 11.8 Å². The van der Waals surface area contributed by atoms with Crippen LogP contribution in [0.1, 0.15) is 37.7 Å². The summed E-state index contributed by atoms with van der Waals surface area (Å²) in [6.07, 6.45) is 10.1. The molecule has 1 aliphatic heterocycles. The van der Waals surface area contributed by atoms with E-state index in [2.05, 4.69) is 23.7 Å². The number of amidine groups is 1. The quantitative estimate of drug-likeness (QED) is 0.663. The minimum atomic E-state index is -0.0338. The second-order valence-electron chi connectivity index (χ2n) is 5.56. The number of thioether (sulfide) groups is 2. The molecule has 2 aliphatic rings. The predicted molar refractivity (Wildman–Crippen MR) is 96.2 cm³/mol. The van der Waals surface area contributed by atoms with Crippen molar-refractivity contribution in [3.63, 3.8) is 0 Å². The normalized spacial score (nSPS) is 23.2. The Morgan fingerprint density at radius 3 is 2.64 bits per heavy atom. The van der Waals surface area contributed by atoms with E-state index in [4.69, 9.17) is 4.99 Å². The second-order valence-corrected chi connectivity index (χ2v) is 7.47. The highest BCUT2D eigenvalue weighted by molar-refractivity contribution is 8.18. The van der Waals surface area contributed by atoms with Crippen molar-refractivity contribution in [1.82, 2.24) is 5.32 Å². The highest BCUT2D eigenvalue weighted by Crippen LogP contribution is 2.29. The van der Waals surface area contributed by atoms with Gasteiger partial charge in [0.15, 0.2) is 5.17 Å². The van der Waals surface area contributed by atoms with Crippen molar-refractivity contribution in [2.45, 2.75) is 43.0 Å². The molecule has 1 aliphatic carbocycles. The minimum Gasteiger partial charge on any atom is -0.301 e. The zero-order valence-electron chi connectivity index (χ0n) is 12.7. The van der Waals surface area contributed by atoms with Crippen molar-refractivity contribution in [2.75, 3.05) is 6.26 Å². The van der Waals surface area contributed by atoms with Gasteiger partial charge in [0, 0.05) is 4.90 Å². The van der Waals surface area contributed by atoms with Crippen LogP contribution in [0.15, 0.2) is 39.1 Å². The van der Waals surface area contributed by atoms with Crippen LogP contribution >= 0.6 is 23.5 Å². The maximum absolute atomic E-state index is 12.1. The van der Waals surface area contributed by atoms with Gasteiger partial charge in [0.1, 0.15) is 0 Å². The summed E-state index contributed by atoms with van der Waals surface area (Å²) < 4.78 is 0. The van der Waals surface area contributed by atoms with E-state index in [0.717, 1.165) is 28.5 Å². The third kappa shape index (κ3) is 3.96. The van der Waals surface area contributed by atoms with E-state index in [1.165, 1.54) is 35.9 Å². The lowest BCUT2D eigenvalue weighted by atomic mass is 9.96. The van der Waals surface area contributed by atoms with Crippen LogP contribution in [0.4, 0.5) is 0 Å². The molecule has 1 N–H and O–H groups in total. The Labute approximate surface area is 140 Å². The third-order valence-electron chi connectivity index (χ3n) is 3.94. The van der Waals surface area contributed by atoms with E-state index >= 15 is 0 Å². The van der Waals surface area contributed by atoms with Crippen LogP contribution in [-0.2, 0) is 4.79 Å². The smallest absolute Gasteiger partial charge is 0.264 e. The maximum atomic E-state index is 12.1. The molecule has 2 fully saturated rings. The maximum Gasteiger partial charge on any atom is 0.264 e. The molecule has 1 saturated carbocycles. The van der Waals surface area contributed by atoms with Crippen molar-refractivity contribution in [3.05, 3.63) is 34.7 Å². The number of hydrogen-bond acceptors (Lipinski definition) is 4. The molecular formula is C17H20N2OS2. The van der Waals surface area contributed by atoms with Gasteiger partial charge in [0.25, 0.3) is 5.91 Å². The van der Waals surface area contributed by atoms with E-state index in [1.807, 2.05) is 18.2 Å². The Morgan fingerprint density at radius 1 is 1.23 bits per heavy atom. The topological polar surface area (TPSA) is 41.5 Å².